The first kappa shape index (κ1) is 29.8. The summed E-state index contributed by atoms with van der Waals surface area (Å²) in [4.78, 5) is 49.2. The number of imide groups is 1. The number of thioether (sulfide) groups is 1. The smallest absolute Gasteiger partial charge is 0.416 e. The number of ether oxygens (including phenoxy) is 1. The fourth-order valence-electron chi connectivity index (χ4n) is 3.72. The minimum absolute atomic E-state index is 0.0567. The van der Waals surface area contributed by atoms with E-state index < -0.39 is 51.7 Å². The van der Waals surface area contributed by atoms with Crippen molar-refractivity contribution in [2.75, 3.05) is 11.9 Å². The SMILES string of the molecule is Cc1ccc(C)c(NC(=O)CN2C(=O)S/C(=C/c3ccc(Oc4ccc(C(F)(F)F)cc4[N+](=O)[O-])c(Br)c3)C2=O)c1. The molecular formula is C27H19BrF3N3O6S. The number of nitrogens with one attached hydrogen (secondary N) is 1. The summed E-state index contributed by atoms with van der Waals surface area (Å²) < 4.78 is 44.7. The number of hydrogen-bond donors (Lipinski definition) is 1. The molecule has 1 N–H and O–H groups in total. The Morgan fingerprint density at radius 2 is 1.80 bits per heavy atom. The van der Waals surface area contributed by atoms with Gasteiger partial charge in [-0.2, -0.15) is 13.2 Å². The summed E-state index contributed by atoms with van der Waals surface area (Å²) in [5, 5.41) is 13.4. The van der Waals surface area contributed by atoms with Gasteiger partial charge in [-0.3, -0.25) is 29.4 Å². The molecule has 3 aromatic carbocycles. The van der Waals surface area contributed by atoms with E-state index in [0.29, 0.717) is 35.1 Å². The van der Waals surface area contributed by atoms with Crippen LogP contribution in [0.2, 0.25) is 0 Å². The first-order valence-corrected chi connectivity index (χ1v) is 13.3. The van der Waals surface area contributed by atoms with Crippen LogP contribution < -0.4 is 10.1 Å². The molecule has 41 heavy (non-hydrogen) atoms. The summed E-state index contributed by atoms with van der Waals surface area (Å²) in [6, 6.07) is 11.8. The second-order valence-corrected chi connectivity index (χ2v) is 10.7. The summed E-state index contributed by atoms with van der Waals surface area (Å²) in [5.74, 6) is -1.55. The van der Waals surface area contributed by atoms with Crippen LogP contribution in [0, 0.1) is 24.0 Å². The maximum absolute atomic E-state index is 13.0. The van der Waals surface area contributed by atoms with Crippen LogP contribution >= 0.6 is 27.7 Å². The van der Waals surface area contributed by atoms with Crippen molar-refractivity contribution in [3.63, 3.8) is 0 Å². The van der Waals surface area contributed by atoms with E-state index in [9.17, 15) is 37.7 Å². The molecule has 3 amide bonds. The number of amides is 3. The van der Waals surface area contributed by atoms with Gasteiger partial charge in [-0.15, -0.1) is 0 Å². The zero-order valence-corrected chi connectivity index (χ0v) is 23.6. The number of rotatable bonds is 7. The molecule has 1 heterocycles. The van der Waals surface area contributed by atoms with E-state index in [2.05, 4.69) is 21.2 Å². The van der Waals surface area contributed by atoms with Gasteiger partial charge in [-0.25, -0.2) is 0 Å². The maximum atomic E-state index is 13.0. The Bertz CT molecular complexity index is 1630. The Labute approximate surface area is 243 Å². The molecule has 3 aromatic rings. The van der Waals surface area contributed by atoms with Gasteiger partial charge in [0.1, 0.15) is 12.3 Å². The van der Waals surface area contributed by atoms with Gasteiger partial charge in [0.05, 0.1) is 19.9 Å². The molecule has 212 valence electrons. The van der Waals surface area contributed by atoms with Gasteiger partial charge >= 0.3 is 11.9 Å². The second kappa shape index (κ2) is 11.7. The van der Waals surface area contributed by atoms with Crippen molar-refractivity contribution in [2.24, 2.45) is 0 Å². The van der Waals surface area contributed by atoms with Crippen molar-refractivity contribution in [2.45, 2.75) is 20.0 Å². The number of halogens is 4. The highest BCUT2D eigenvalue weighted by molar-refractivity contribution is 9.10. The lowest BCUT2D eigenvalue weighted by Crippen LogP contribution is -2.36. The number of aryl methyl sites for hydroxylation is 2. The molecule has 0 aliphatic carbocycles. The summed E-state index contributed by atoms with van der Waals surface area (Å²) in [6.07, 6.45) is -3.35. The number of alkyl halides is 3. The standard InChI is InChI=1S/C27H19BrF3N3O6S/c1-14-3-4-15(2)19(9-14)32-24(35)13-33-25(36)23(41-26(33)37)11-16-5-7-21(18(28)10-16)40-22-8-6-17(27(29,30)31)12-20(22)34(38)39/h3-12H,13H2,1-2H3,(H,32,35)/b23-11+. The Morgan fingerprint density at radius 1 is 1.10 bits per heavy atom. The third-order valence-electron chi connectivity index (χ3n) is 5.80. The van der Waals surface area contributed by atoms with Gasteiger partial charge in [-0.1, -0.05) is 18.2 Å². The molecule has 1 aliphatic heterocycles. The van der Waals surface area contributed by atoms with Crippen LogP contribution in [0.5, 0.6) is 11.5 Å². The van der Waals surface area contributed by atoms with Gasteiger partial charge < -0.3 is 10.1 Å². The molecule has 0 spiro atoms. The second-order valence-electron chi connectivity index (χ2n) is 8.86. The number of hydrogen-bond acceptors (Lipinski definition) is 7. The monoisotopic (exact) mass is 649 g/mol. The van der Waals surface area contributed by atoms with Gasteiger partial charge in [-0.05, 0) is 94.6 Å². The van der Waals surface area contributed by atoms with Crippen LogP contribution in [0.4, 0.5) is 29.3 Å². The molecule has 4 rings (SSSR count). The molecule has 9 nitrogen and oxygen atoms in total. The third-order valence-corrected chi connectivity index (χ3v) is 7.33. The van der Waals surface area contributed by atoms with E-state index >= 15 is 0 Å². The fraction of sp³-hybridized carbons (Fsp3) is 0.148. The number of nitrogens with zero attached hydrogens (tertiary/aromatic N) is 2. The molecule has 0 atom stereocenters. The van der Waals surface area contributed by atoms with Crippen molar-refractivity contribution < 1.29 is 37.2 Å². The first-order valence-electron chi connectivity index (χ1n) is 11.7. The number of benzene rings is 3. The minimum Gasteiger partial charge on any atom is -0.449 e. The number of nitro benzene ring substituents is 1. The highest BCUT2D eigenvalue weighted by Gasteiger charge is 2.36. The third kappa shape index (κ3) is 6.95. The molecule has 0 unspecified atom stereocenters. The highest BCUT2D eigenvalue weighted by Crippen LogP contribution is 2.40. The van der Waals surface area contributed by atoms with Gasteiger partial charge in [0.15, 0.2) is 0 Å². The van der Waals surface area contributed by atoms with Crippen LogP contribution in [0.25, 0.3) is 6.08 Å². The molecular weight excluding hydrogens is 631 g/mol. The molecule has 1 aliphatic rings. The summed E-state index contributed by atoms with van der Waals surface area (Å²) in [5.41, 5.74) is 0.709. The lowest BCUT2D eigenvalue weighted by molar-refractivity contribution is -0.385. The Balaban J connectivity index is 1.48. The van der Waals surface area contributed by atoms with E-state index in [1.165, 1.54) is 24.3 Å². The number of carbonyl (C=O) groups is 3. The van der Waals surface area contributed by atoms with Crippen molar-refractivity contribution in [3.05, 3.63) is 96.3 Å². The Hall–Kier alpha value is -4.17. The Morgan fingerprint density at radius 3 is 2.46 bits per heavy atom. The fourth-order valence-corrected chi connectivity index (χ4v) is 5.04. The van der Waals surface area contributed by atoms with Crippen LogP contribution in [0.1, 0.15) is 22.3 Å². The largest absolute Gasteiger partial charge is 0.449 e. The van der Waals surface area contributed by atoms with Gasteiger partial charge in [0.2, 0.25) is 11.7 Å². The number of nitro groups is 1. The van der Waals surface area contributed by atoms with E-state index in [0.717, 1.165) is 22.1 Å². The van der Waals surface area contributed by atoms with Crippen LogP contribution in [-0.2, 0) is 15.8 Å². The van der Waals surface area contributed by atoms with Crippen molar-refractivity contribution in [1.82, 2.24) is 4.90 Å². The van der Waals surface area contributed by atoms with E-state index in [1.54, 1.807) is 6.07 Å². The van der Waals surface area contributed by atoms with E-state index in [4.69, 9.17) is 4.74 Å². The van der Waals surface area contributed by atoms with E-state index in [1.807, 2.05) is 26.0 Å². The summed E-state index contributed by atoms with van der Waals surface area (Å²) in [6.45, 7) is 3.21. The van der Waals surface area contributed by atoms with Crippen LogP contribution in [-0.4, -0.2) is 33.4 Å². The first-order chi connectivity index (χ1) is 19.2. The predicted molar refractivity (Wildman–Crippen MR) is 150 cm³/mol. The summed E-state index contributed by atoms with van der Waals surface area (Å²) >= 11 is 3.91. The molecule has 0 aromatic heterocycles. The van der Waals surface area contributed by atoms with Crippen LogP contribution in [0.3, 0.4) is 0 Å². The highest BCUT2D eigenvalue weighted by atomic mass is 79.9. The summed E-state index contributed by atoms with van der Waals surface area (Å²) in [7, 11) is 0. The van der Waals surface area contributed by atoms with Crippen LogP contribution in [0.15, 0.2) is 64.0 Å². The van der Waals surface area contributed by atoms with E-state index in [-0.39, 0.29) is 15.1 Å². The number of carbonyl (C=O) groups excluding carboxylic acids is 3. The van der Waals surface area contributed by atoms with Gasteiger partial charge in [0.25, 0.3) is 11.1 Å². The molecule has 1 saturated heterocycles. The Kier molecular flexibility index (Phi) is 8.54. The molecule has 1 fully saturated rings. The predicted octanol–water partition coefficient (Wildman–Crippen LogP) is 7.46. The van der Waals surface area contributed by atoms with Gasteiger partial charge in [0, 0.05) is 11.8 Å². The van der Waals surface area contributed by atoms with Crippen molar-refractivity contribution >= 4 is 62.2 Å². The minimum atomic E-state index is -4.77. The zero-order valence-electron chi connectivity index (χ0n) is 21.2. The molecule has 0 radical (unpaired) electrons. The lowest BCUT2D eigenvalue weighted by Gasteiger charge is -2.14. The molecule has 0 saturated carbocycles. The van der Waals surface area contributed by atoms with Crippen molar-refractivity contribution in [3.8, 4) is 11.5 Å². The normalized spacial score (nSPS) is 14.5. The molecule has 14 heteroatoms. The topological polar surface area (TPSA) is 119 Å². The lowest BCUT2D eigenvalue weighted by atomic mass is 10.1. The average molecular weight is 650 g/mol. The quantitative estimate of drug-likeness (QED) is 0.160. The average Bonchev–Trinajstić information content (AvgIpc) is 3.14. The van der Waals surface area contributed by atoms with Crippen molar-refractivity contribution in [1.29, 1.82) is 0 Å². The maximum Gasteiger partial charge on any atom is 0.416 e. The number of anilines is 1. The zero-order chi connectivity index (χ0) is 30.1. The molecule has 0 bridgehead atoms.